The van der Waals surface area contributed by atoms with Gasteiger partial charge in [0.25, 0.3) is 0 Å². The Bertz CT molecular complexity index is 1160. The quantitative estimate of drug-likeness (QED) is 0.410. The second-order valence-corrected chi connectivity index (χ2v) is 11.9. The molecule has 2 atom stereocenters. The number of hydrogen-bond acceptors (Lipinski definition) is 8. The number of nitrogens with one attached hydrogen (secondary N) is 1. The maximum Gasteiger partial charge on any atom is 0.247 e. The molecule has 8 nitrogen and oxygen atoms in total. The van der Waals surface area contributed by atoms with E-state index in [0.717, 1.165) is 56.4 Å². The minimum absolute atomic E-state index is 0.0167. The first kappa shape index (κ1) is 25.4. The van der Waals surface area contributed by atoms with E-state index in [9.17, 15) is 9.35 Å². The molecule has 3 aromatic rings. The van der Waals surface area contributed by atoms with Crippen molar-refractivity contribution in [2.24, 2.45) is 0 Å². The van der Waals surface area contributed by atoms with Gasteiger partial charge in [-0.05, 0) is 41.8 Å². The highest BCUT2D eigenvalue weighted by Gasteiger charge is 2.39. The lowest BCUT2D eigenvalue weighted by atomic mass is 10.1. The molecule has 1 aromatic heterocycles. The molecule has 3 heterocycles. The molecule has 2 fully saturated rings. The monoisotopic (exact) mass is 545 g/mol. The summed E-state index contributed by atoms with van der Waals surface area (Å²) in [7, 11) is 0. The van der Waals surface area contributed by atoms with E-state index in [2.05, 4.69) is 32.0 Å². The molecule has 2 aromatic carbocycles. The Labute approximate surface area is 222 Å². The van der Waals surface area contributed by atoms with Gasteiger partial charge in [-0.1, -0.05) is 47.2 Å². The number of amides is 1. The Morgan fingerprint density at radius 1 is 1.06 bits per heavy atom. The van der Waals surface area contributed by atoms with Crippen LogP contribution in [0.3, 0.4) is 0 Å². The first-order valence-corrected chi connectivity index (χ1v) is 14.4. The third-order valence-corrected chi connectivity index (χ3v) is 8.94. The molecule has 0 bridgehead atoms. The van der Waals surface area contributed by atoms with Crippen LogP contribution in [0.4, 0.5) is 10.8 Å². The van der Waals surface area contributed by atoms with E-state index in [4.69, 9.17) is 16.3 Å². The van der Waals surface area contributed by atoms with E-state index in [1.165, 1.54) is 22.5 Å². The van der Waals surface area contributed by atoms with Crippen molar-refractivity contribution in [1.82, 2.24) is 15.1 Å². The van der Waals surface area contributed by atoms with Crippen LogP contribution in [0, 0.1) is 0 Å². The summed E-state index contributed by atoms with van der Waals surface area (Å²) in [5.41, 5.74) is 3.22. The summed E-state index contributed by atoms with van der Waals surface area (Å²) in [6, 6.07) is 15.8. The van der Waals surface area contributed by atoms with Crippen molar-refractivity contribution in [3.8, 4) is 0 Å². The van der Waals surface area contributed by atoms with E-state index in [1.54, 1.807) is 4.90 Å². The van der Waals surface area contributed by atoms with E-state index >= 15 is 0 Å². The zero-order valence-corrected chi connectivity index (χ0v) is 22.2. The number of aromatic nitrogens is 2. The van der Waals surface area contributed by atoms with Crippen molar-refractivity contribution in [3.05, 3.63) is 69.7 Å². The summed E-state index contributed by atoms with van der Waals surface area (Å²) in [6.07, 6.45) is 1.80. The van der Waals surface area contributed by atoms with Crippen LogP contribution in [-0.4, -0.2) is 63.7 Å². The summed E-state index contributed by atoms with van der Waals surface area (Å²) in [5, 5.41) is 10.1. The summed E-state index contributed by atoms with van der Waals surface area (Å²) >= 11 is 5.90. The van der Waals surface area contributed by atoms with E-state index in [0.29, 0.717) is 16.7 Å². The molecule has 1 amide bonds. The number of anilines is 2. The van der Waals surface area contributed by atoms with Crippen LogP contribution in [0.2, 0.25) is 5.02 Å². The summed E-state index contributed by atoms with van der Waals surface area (Å²) in [5.74, 6) is -0.0167. The molecule has 0 radical (unpaired) electrons. The topological polar surface area (TPSA) is 93.6 Å². The van der Waals surface area contributed by atoms with Gasteiger partial charge in [-0.3, -0.25) is 9.69 Å². The van der Waals surface area contributed by atoms with Crippen molar-refractivity contribution in [3.63, 3.8) is 0 Å². The molecule has 5 rings (SSSR count). The Balaban J connectivity index is 1.12. The second-order valence-electron chi connectivity index (χ2n) is 8.91. The van der Waals surface area contributed by atoms with Gasteiger partial charge in [0.15, 0.2) is 5.25 Å². The predicted molar refractivity (Wildman–Crippen MR) is 144 cm³/mol. The van der Waals surface area contributed by atoms with Gasteiger partial charge in [0, 0.05) is 36.8 Å². The van der Waals surface area contributed by atoms with Gasteiger partial charge in [0.05, 0.1) is 37.5 Å². The van der Waals surface area contributed by atoms with Crippen LogP contribution < -0.4 is 9.62 Å². The fourth-order valence-corrected chi connectivity index (χ4v) is 6.42. The number of benzene rings is 2. The summed E-state index contributed by atoms with van der Waals surface area (Å²) in [4.78, 5) is 16.8. The maximum atomic E-state index is 13.0. The molecule has 0 spiro atoms. The van der Waals surface area contributed by atoms with Gasteiger partial charge < -0.3 is 14.2 Å². The lowest BCUT2D eigenvalue weighted by Crippen LogP contribution is -2.35. The molecule has 0 saturated carbocycles. The smallest absolute Gasteiger partial charge is 0.247 e. The molecule has 2 aliphatic heterocycles. The van der Waals surface area contributed by atoms with Crippen molar-refractivity contribution >= 4 is 51.0 Å². The molecule has 36 heavy (non-hydrogen) atoms. The van der Waals surface area contributed by atoms with Crippen LogP contribution in [0.5, 0.6) is 0 Å². The van der Waals surface area contributed by atoms with Crippen LogP contribution in [0.1, 0.15) is 22.6 Å². The highest BCUT2D eigenvalue weighted by molar-refractivity contribution is 7.93. The first-order valence-electron chi connectivity index (χ1n) is 12.0. The number of ether oxygens (including phenoxy) is 1. The van der Waals surface area contributed by atoms with Crippen LogP contribution in [-0.2, 0) is 40.3 Å². The minimum Gasteiger partial charge on any atom is -0.593 e. The van der Waals surface area contributed by atoms with Gasteiger partial charge in [-0.15, -0.1) is 10.2 Å². The molecule has 2 saturated heterocycles. The Morgan fingerprint density at radius 2 is 1.78 bits per heavy atom. The van der Waals surface area contributed by atoms with Gasteiger partial charge in [-0.25, -0.2) is 0 Å². The molecule has 11 heteroatoms. The van der Waals surface area contributed by atoms with Gasteiger partial charge in [0.1, 0.15) is 5.01 Å². The molecule has 2 aliphatic rings. The van der Waals surface area contributed by atoms with Crippen molar-refractivity contribution in [1.29, 1.82) is 0 Å². The van der Waals surface area contributed by atoms with Crippen LogP contribution in [0.15, 0.2) is 48.5 Å². The standard InChI is InChI=1S/C25H28ClN5O3S2/c26-20-6-1-18(2-7-20)5-10-23-27-28-25(35-23)29-36(33)22-15-24(32)31(17-22)21-8-3-19(4-9-21)16-30-11-13-34-14-12-30/h1-4,6-9,22H,5,10-17H2,(H,28,29). The Kier molecular flexibility index (Phi) is 8.40. The fraction of sp³-hybridized carbons (Fsp3) is 0.400. The Hall–Kier alpha value is -2.21. The second kappa shape index (κ2) is 11.9. The zero-order chi connectivity index (χ0) is 24.9. The third-order valence-electron chi connectivity index (χ3n) is 6.35. The normalized spacial score (nSPS) is 19.6. The number of carbonyl (C=O) groups is 1. The first-order chi connectivity index (χ1) is 17.5. The van der Waals surface area contributed by atoms with Crippen LogP contribution >= 0.6 is 22.9 Å². The third kappa shape index (κ3) is 6.56. The van der Waals surface area contributed by atoms with E-state index in [-0.39, 0.29) is 17.6 Å². The number of nitrogens with zero attached hydrogens (tertiary/aromatic N) is 4. The largest absolute Gasteiger partial charge is 0.593 e. The lowest BCUT2D eigenvalue weighted by Gasteiger charge is -2.26. The zero-order valence-electron chi connectivity index (χ0n) is 19.8. The number of carbonyl (C=O) groups excluding carboxylic acids is 1. The summed E-state index contributed by atoms with van der Waals surface area (Å²) < 4.78 is 21.3. The average Bonchev–Trinajstić information content (AvgIpc) is 3.51. The molecule has 0 aliphatic carbocycles. The van der Waals surface area contributed by atoms with Gasteiger partial charge >= 0.3 is 0 Å². The SMILES string of the molecule is O=C1CC([S+]([O-])Nc2nnc(CCc3ccc(Cl)cc3)s2)CN1c1ccc(CN2CCOCC2)cc1. The van der Waals surface area contributed by atoms with Gasteiger partial charge in [-0.2, -0.15) is 4.72 Å². The lowest BCUT2D eigenvalue weighted by molar-refractivity contribution is -0.117. The molecule has 2 unspecified atom stereocenters. The number of halogens is 1. The van der Waals surface area contributed by atoms with Gasteiger partial charge in [0.2, 0.25) is 11.0 Å². The number of aryl methyl sites for hydroxylation is 2. The Morgan fingerprint density at radius 3 is 2.53 bits per heavy atom. The average molecular weight is 546 g/mol. The van der Waals surface area contributed by atoms with Crippen molar-refractivity contribution in [2.75, 3.05) is 42.5 Å². The molecule has 1 N–H and O–H groups in total. The highest BCUT2D eigenvalue weighted by Crippen LogP contribution is 2.28. The number of hydrogen-bond donors (Lipinski definition) is 1. The fourth-order valence-electron chi connectivity index (χ4n) is 4.33. The van der Waals surface area contributed by atoms with E-state index < -0.39 is 11.4 Å². The minimum atomic E-state index is -1.44. The highest BCUT2D eigenvalue weighted by atomic mass is 35.5. The predicted octanol–water partition coefficient (Wildman–Crippen LogP) is 3.69. The molecular weight excluding hydrogens is 518 g/mol. The van der Waals surface area contributed by atoms with Crippen molar-refractivity contribution in [2.45, 2.75) is 31.1 Å². The van der Waals surface area contributed by atoms with E-state index in [1.807, 2.05) is 36.4 Å². The maximum absolute atomic E-state index is 13.0. The summed E-state index contributed by atoms with van der Waals surface area (Å²) in [6.45, 7) is 4.70. The number of morpholine rings is 1. The molecular formula is C25H28ClN5O3S2. The van der Waals surface area contributed by atoms with Crippen molar-refractivity contribution < 1.29 is 14.1 Å². The molecule has 190 valence electrons. The number of rotatable bonds is 9. The van der Waals surface area contributed by atoms with Crippen LogP contribution in [0.25, 0.3) is 0 Å².